The monoisotopic (exact) mass is 377 g/mol. The van der Waals surface area contributed by atoms with Crippen molar-refractivity contribution in [1.29, 1.82) is 0 Å². The van der Waals surface area contributed by atoms with Crippen LogP contribution in [-0.2, 0) is 6.18 Å². The van der Waals surface area contributed by atoms with Gasteiger partial charge in [-0.1, -0.05) is 41.9 Å². The molecular formula is C20H15ClF3NO. The zero-order chi connectivity index (χ0) is 18.7. The lowest BCUT2D eigenvalue weighted by Crippen LogP contribution is -2.04. The summed E-state index contributed by atoms with van der Waals surface area (Å²) in [6, 6.07) is 15.6. The van der Waals surface area contributed by atoms with E-state index in [9.17, 15) is 13.2 Å². The molecule has 2 nitrogen and oxygen atoms in total. The molecule has 2 aromatic carbocycles. The van der Waals surface area contributed by atoms with Gasteiger partial charge >= 0.3 is 6.18 Å². The van der Waals surface area contributed by atoms with Gasteiger partial charge in [-0.15, -0.1) is 0 Å². The number of hydrogen-bond acceptors (Lipinski definition) is 2. The predicted molar refractivity (Wildman–Crippen MR) is 96.3 cm³/mol. The van der Waals surface area contributed by atoms with Gasteiger partial charge in [0.15, 0.2) is 0 Å². The maximum Gasteiger partial charge on any atom is 0.416 e. The molecule has 1 aromatic heterocycles. The van der Waals surface area contributed by atoms with Crippen molar-refractivity contribution in [1.82, 2.24) is 4.98 Å². The lowest BCUT2D eigenvalue weighted by molar-refractivity contribution is -0.137. The molecule has 0 spiro atoms. The molecule has 0 N–H and O–H groups in total. The Morgan fingerprint density at radius 1 is 0.962 bits per heavy atom. The van der Waals surface area contributed by atoms with E-state index in [1.54, 1.807) is 36.4 Å². The fourth-order valence-electron chi connectivity index (χ4n) is 2.57. The van der Waals surface area contributed by atoms with Crippen LogP contribution in [0.1, 0.15) is 12.5 Å². The first-order valence-electron chi connectivity index (χ1n) is 7.96. The van der Waals surface area contributed by atoms with Crippen molar-refractivity contribution in [2.24, 2.45) is 0 Å². The Morgan fingerprint density at radius 3 is 2.38 bits per heavy atom. The predicted octanol–water partition coefficient (Wildman–Crippen LogP) is 6.49. The van der Waals surface area contributed by atoms with Crippen LogP contribution in [0.25, 0.3) is 22.5 Å². The van der Waals surface area contributed by atoms with E-state index in [4.69, 9.17) is 16.3 Å². The molecule has 0 amide bonds. The van der Waals surface area contributed by atoms with Crippen LogP contribution in [0.3, 0.4) is 0 Å². The highest BCUT2D eigenvalue weighted by Gasteiger charge is 2.30. The molecule has 0 unspecified atom stereocenters. The fourth-order valence-corrected chi connectivity index (χ4v) is 2.80. The van der Waals surface area contributed by atoms with Gasteiger partial charge in [-0.05, 0) is 25.1 Å². The Hall–Kier alpha value is -2.53. The highest BCUT2D eigenvalue weighted by Crippen LogP contribution is 2.35. The van der Waals surface area contributed by atoms with Crippen LogP contribution >= 0.6 is 11.6 Å². The van der Waals surface area contributed by atoms with Crippen molar-refractivity contribution >= 4 is 11.6 Å². The first kappa shape index (κ1) is 18.3. The molecule has 3 rings (SSSR count). The van der Waals surface area contributed by atoms with Crippen LogP contribution in [-0.4, -0.2) is 11.6 Å². The number of nitrogens with zero attached hydrogens (tertiary/aromatic N) is 1. The van der Waals surface area contributed by atoms with Crippen molar-refractivity contribution in [3.8, 4) is 28.3 Å². The molecule has 0 radical (unpaired) electrons. The Bertz CT molecular complexity index is 925. The van der Waals surface area contributed by atoms with Crippen molar-refractivity contribution < 1.29 is 17.9 Å². The normalized spacial score (nSPS) is 11.4. The minimum absolute atomic E-state index is 0.356. The molecule has 3 aromatic rings. The van der Waals surface area contributed by atoms with E-state index < -0.39 is 11.7 Å². The van der Waals surface area contributed by atoms with Gasteiger partial charge in [-0.2, -0.15) is 13.2 Å². The molecule has 0 aliphatic rings. The van der Waals surface area contributed by atoms with Crippen molar-refractivity contribution in [3.63, 3.8) is 0 Å². The molecule has 26 heavy (non-hydrogen) atoms. The molecule has 0 bridgehead atoms. The molecule has 0 aliphatic heterocycles. The smallest absolute Gasteiger partial charge is 0.416 e. The van der Waals surface area contributed by atoms with E-state index in [0.29, 0.717) is 39.9 Å². The fraction of sp³-hybridized carbons (Fsp3) is 0.150. The number of hydrogen-bond donors (Lipinski definition) is 0. The first-order valence-corrected chi connectivity index (χ1v) is 8.33. The van der Waals surface area contributed by atoms with Gasteiger partial charge in [0.25, 0.3) is 0 Å². The van der Waals surface area contributed by atoms with E-state index in [1.807, 2.05) is 13.0 Å². The van der Waals surface area contributed by atoms with Crippen molar-refractivity contribution in [3.05, 3.63) is 71.2 Å². The second kappa shape index (κ2) is 7.38. The summed E-state index contributed by atoms with van der Waals surface area (Å²) in [7, 11) is 0. The second-order valence-electron chi connectivity index (χ2n) is 5.56. The van der Waals surface area contributed by atoms with E-state index >= 15 is 0 Å². The number of rotatable bonds is 4. The minimum Gasteiger partial charge on any atom is -0.494 e. The Labute approximate surface area is 154 Å². The lowest BCUT2D eigenvalue weighted by atomic mass is 10.1. The Balaban J connectivity index is 2.15. The van der Waals surface area contributed by atoms with Crippen molar-refractivity contribution in [2.45, 2.75) is 13.1 Å². The lowest BCUT2D eigenvalue weighted by Gasteiger charge is -2.12. The third-order valence-corrected chi connectivity index (χ3v) is 4.07. The molecule has 0 atom stereocenters. The van der Waals surface area contributed by atoms with Crippen LogP contribution in [0, 0.1) is 0 Å². The van der Waals surface area contributed by atoms with Gasteiger partial charge < -0.3 is 4.74 Å². The van der Waals surface area contributed by atoms with E-state index in [2.05, 4.69) is 4.98 Å². The third-order valence-electron chi connectivity index (χ3n) is 3.75. The second-order valence-corrected chi connectivity index (χ2v) is 5.97. The number of pyridine rings is 1. The summed E-state index contributed by atoms with van der Waals surface area (Å²) >= 11 is 6.24. The first-order chi connectivity index (χ1) is 12.4. The SMILES string of the molecule is CCOc1cc(-c2cccc(C(F)(F)F)c2)nc(-c2ccccc2Cl)c1. The Kier molecular flexibility index (Phi) is 5.18. The van der Waals surface area contributed by atoms with Crippen LogP contribution in [0.4, 0.5) is 13.2 Å². The number of ether oxygens (including phenoxy) is 1. The van der Waals surface area contributed by atoms with Gasteiger partial charge in [0, 0.05) is 28.3 Å². The summed E-state index contributed by atoms with van der Waals surface area (Å²) in [5, 5.41) is 0.503. The van der Waals surface area contributed by atoms with Crippen LogP contribution in [0.2, 0.25) is 5.02 Å². The summed E-state index contributed by atoms with van der Waals surface area (Å²) in [5.74, 6) is 0.518. The number of alkyl halides is 3. The molecule has 134 valence electrons. The quantitative estimate of drug-likeness (QED) is 0.518. The maximum absolute atomic E-state index is 13.0. The minimum atomic E-state index is -4.42. The zero-order valence-corrected chi connectivity index (χ0v) is 14.6. The van der Waals surface area contributed by atoms with Crippen LogP contribution in [0.5, 0.6) is 5.75 Å². The molecule has 0 saturated carbocycles. The summed E-state index contributed by atoms with van der Waals surface area (Å²) in [6.07, 6.45) is -4.42. The summed E-state index contributed by atoms with van der Waals surface area (Å²) in [5.41, 5.74) is 1.24. The molecule has 6 heteroatoms. The zero-order valence-electron chi connectivity index (χ0n) is 13.8. The average Bonchev–Trinajstić information content (AvgIpc) is 2.61. The number of halogens is 4. The number of benzene rings is 2. The Morgan fingerprint density at radius 2 is 1.69 bits per heavy atom. The molecule has 1 heterocycles. The van der Waals surface area contributed by atoms with E-state index in [-0.39, 0.29) is 0 Å². The van der Waals surface area contributed by atoms with Gasteiger partial charge in [-0.3, -0.25) is 0 Å². The van der Waals surface area contributed by atoms with E-state index in [1.165, 1.54) is 6.07 Å². The summed E-state index contributed by atoms with van der Waals surface area (Å²) in [4.78, 5) is 4.51. The van der Waals surface area contributed by atoms with Gasteiger partial charge in [0.05, 0.1) is 23.6 Å². The highest BCUT2D eigenvalue weighted by atomic mass is 35.5. The molecule has 0 fully saturated rings. The maximum atomic E-state index is 13.0. The van der Waals surface area contributed by atoms with Gasteiger partial charge in [-0.25, -0.2) is 4.98 Å². The molecule has 0 saturated heterocycles. The van der Waals surface area contributed by atoms with Crippen molar-refractivity contribution in [2.75, 3.05) is 6.61 Å². The highest BCUT2D eigenvalue weighted by molar-refractivity contribution is 6.33. The van der Waals surface area contributed by atoms with Crippen LogP contribution < -0.4 is 4.74 Å². The molecular weight excluding hydrogens is 363 g/mol. The topological polar surface area (TPSA) is 22.1 Å². The standard InChI is InChI=1S/C20H15ClF3NO/c1-2-26-15-11-18(13-6-5-7-14(10-13)20(22,23)24)25-19(12-15)16-8-3-4-9-17(16)21/h3-12H,2H2,1H3. The number of aromatic nitrogens is 1. The summed E-state index contributed by atoms with van der Waals surface area (Å²) in [6.45, 7) is 2.26. The largest absolute Gasteiger partial charge is 0.494 e. The van der Waals surface area contributed by atoms with E-state index in [0.717, 1.165) is 12.1 Å². The average molecular weight is 378 g/mol. The molecule has 0 aliphatic carbocycles. The van der Waals surface area contributed by atoms with Gasteiger partial charge in [0.1, 0.15) is 5.75 Å². The van der Waals surface area contributed by atoms with Gasteiger partial charge in [0.2, 0.25) is 0 Å². The van der Waals surface area contributed by atoms with Crippen LogP contribution in [0.15, 0.2) is 60.7 Å². The summed E-state index contributed by atoms with van der Waals surface area (Å²) < 4.78 is 44.6. The third kappa shape index (κ3) is 3.99.